The third kappa shape index (κ3) is 3.32. The predicted molar refractivity (Wildman–Crippen MR) is 77.6 cm³/mol. The number of morpholine rings is 1. The number of hydrogen-bond donors (Lipinski definition) is 1. The van der Waals surface area contributed by atoms with E-state index in [2.05, 4.69) is 10.2 Å². The largest absolute Gasteiger partial charge is 0.378 e. The Morgan fingerprint density at radius 1 is 1.05 bits per heavy atom. The molecule has 3 rings (SSSR count). The van der Waals surface area contributed by atoms with Crippen molar-refractivity contribution in [3.63, 3.8) is 0 Å². The number of hydrogen-bond acceptors (Lipinski definition) is 4. The van der Waals surface area contributed by atoms with Gasteiger partial charge in [-0.3, -0.25) is 9.69 Å². The molecule has 1 unspecified atom stereocenters. The van der Waals surface area contributed by atoms with Gasteiger partial charge in [0, 0.05) is 25.7 Å². The van der Waals surface area contributed by atoms with Crippen LogP contribution in [0.15, 0.2) is 0 Å². The number of carbonyl (C=O) groups is 1. The maximum Gasteiger partial charge on any atom is 0.227 e. The van der Waals surface area contributed by atoms with Crippen LogP contribution in [0.1, 0.15) is 25.7 Å². The summed E-state index contributed by atoms with van der Waals surface area (Å²) in [6.45, 7) is 7.38. The lowest BCUT2D eigenvalue weighted by atomic mass is 9.93. The average molecular weight is 281 g/mol. The highest BCUT2D eigenvalue weighted by Crippen LogP contribution is 2.24. The van der Waals surface area contributed by atoms with Crippen molar-refractivity contribution in [3.05, 3.63) is 0 Å². The van der Waals surface area contributed by atoms with Crippen LogP contribution in [0.3, 0.4) is 0 Å². The number of likely N-dealkylation sites (tertiary alicyclic amines) is 1. The third-order valence-electron chi connectivity index (χ3n) is 4.95. The van der Waals surface area contributed by atoms with Crippen molar-refractivity contribution in [2.45, 2.75) is 31.7 Å². The highest BCUT2D eigenvalue weighted by molar-refractivity contribution is 5.79. The molecule has 5 heteroatoms. The van der Waals surface area contributed by atoms with Gasteiger partial charge in [-0.1, -0.05) is 0 Å². The first-order chi connectivity index (χ1) is 9.84. The lowest BCUT2D eigenvalue weighted by molar-refractivity contribution is -0.141. The molecule has 0 radical (unpaired) electrons. The minimum atomic E-state index is 0.219. The number of amides is 1. The van der Waals surface area contributed by atoms with Gasteiger partial charge in [-0.15, -0.1) is 0 Å². The van der Waals surface area contributed by atoms with Crippen LogP contribution in [0.2, 0.25) is 0 Å². The van der Waals surface area contributed by atoms with Gasteiger partial charge in [0.05, 0.1) is 19.1 Å². The number of rotatable bonds is 2. The van der Waals surface area contributed by atoms with E-state index in [0.717, 1.165) is 39.1 Å². The van der Waals surface area contributed by atoms with E-state index in [1.807, 2.05) is 4.90 Å². The molecule has 114 valence electrons. The summed E-state index contributed by atoms with van der Waals surface area (Å²) in [5, 5.41) is 3.42. The van der Waals surface area contributed by atoms with Gasteiger partial charge in [0.15, 0.2) is 0 Å². The lowest BCUT2D eigenvalue weighted by Crippen LogP contribution is -2.52. The molecule has 0 saturated carbocycles. The topological polar surface area (TPSA) is 44.8 Å². The van der Waals surface area contributed by atoms with Crippen molar-refractivity contribution in [1.29, 1.82) is 0 Å². The zero-order chi connectivity index (χ0) is 13.8. The molecule has 5 nitrogen and oxygen atoms in total. The fourth-order valence-electron chi connectivity index (χ4n) is 3.75. The quantitative estimate of drug-likeness (QED) is 0.791. The summed E-state index contributed by atoms with van der Waals surface area (Å²) in [7, 11) is 0. The molecule has 0 spiro atoms. The minimum absolute atomic E-state index is 0.219. The Balaban J connectivity index is 1.55. The van der Waals surface area contributed by atoms with Gasteiger partial charge in [-0.25, -0.2) is 0 Å². The van der Waals surface area contributed by atoms with Gasteiger partial charge >= 0.3 is 0 Å². The fourth-order valence-corrected chi connectivity index (χ4v) is 3.75. The van der Waals surface area contributed by atoms with E-state index in [9.17, 15) is 4.79 Å². The van der Waals surface area contributed by atoms with Crippen LogP contribution in [-0.2, 0) is 9.53 Å². The molecule has 1 N–H and O–H groups in total. The monoisotopic (exact) mass is 281 g/mol. The summed E-state index contributed by atoms with van der Waals surface area (Å²) < 4.78 is 5.34. The molecular formula is C15H27N3O2. The van der Waals surface area contributed by atoms with E-state index < -0.39 is 0 Å². The fraction of sp³-hybridized carbons (Fsp3) is 0.933. The zero-order valence-electron chi connectivity index (χ0n) is 12.4. The predicted octanol–water partition coefficient (Wildman–Crippen LogP) is 0.309. The van der Waals surface area contributed by atoms with Crippen LogP contribution >= 0.6 is 0 Å². The molecule has 0 aromatic carbocycles. The Hall–Kier alpha value is -0.650. The van der Waals surface area contributed by atoms with Crippen LogP contribution in [0.4, 0.5) is 0 Å². The zero-order valence-corrected chi connectivity index (χ0v) is 12.4. The van der Waals surface area contributed by atoms with Crippen LogP contribution in [-0.4, -0.2) is 74.2 Å². The number of carbonyl (C=O) groups excluding carboxylic acids is 1. The number of nitrogens with zero attached hydrogens (tertiary/aromatic N) is 2. The van der Waals surface area contributed by atoms with Crippen LogP contribution < -0.4 is 5.32 Å². The summed E-state index contributed by atoms with van der Waals surface area (Å²) in [4.78, 5) is 17.2. The molecule has 0 aliphatic carbocycles. The Labute approximate surface area is 121 Å². The van der Waals surface area contributed by atoms with E-state index in [0.29, 0.717) is 25.2 Å². The number of piperidine rings is 2. The Kier molecular flexibility index (Phi) is 4.91. The van der Waals surface area contributed by atoms with E-state index in [1.165, 1.54) is 25.8 Å². The van der Waals surface area contributed by atoms with Crippen molar-refractivity contribution in [1.82, 2.24) is 15.1 Å². The molecule has 3 aliphatic rings. The molecular weight excluding hydrogens is 254 g/mol. The maximum absolute atomic E-state index is 12.6. The molecule has 0 aromatic rings. The Bertz CT molecular complexity index is 325. The Morgan fingerprint density at radius 2 is 1.80 bits per heavy atom. The van der Waals surface area contributed by atoms with Gasteiger partial charge in [-0.05, 0) is 45.3 Å². The second-order valence-electron chi connectivity index (χ2n) is 6.25. The molecule has 0 aromatic heterocycles. The third-order valence-corrected chi connectivity index (χ3v) is 4.95. The van der Waals surface area contributed by atoms with Gasteiger partial charge < -0.3 is 15.0 Å². The van der Waals surface area contributed by atoms with Crippen molar-refractivity contribution in [2.75, 3.05) is 52.5 Å². The standard InChI is InChI=1S/C15H27N3O2/c19-15(17-8-10-20-11-9-17)13-2-1-7-18(12-13)14-3-5-16-6-4-14/h13-14,16H,1-12H2. The first kappa shape index (κ1) is 14.3. The molecule has 3 heterocycles. The molecule has 20 heavy (non-hydrogen) atoms. The van der Waals surface area contributed by atoms with E-state index >= 15 is 0 Å². The van der Waals surface area contributed by atoms with Crippen molar-refractivity contribution in [2.24, 2.45) is 5.92 Å². The molecule has 3 saturated heterocycles. The molecule has 3 aliphatic heterocycles. The molecule has 3 fully saturated rings. The SMILES string of the molecule is O=C(C1CCCN(C2CCNCC2)C1)N1CCOCC1. The second kappa shape index (κ2) is 6.87. The summed E-state index contributed by atoms with van der Waals surface area (Å²) in [5.41, 5.74) is 0. The maximum atomic E-state index is 12.6. The van der Waals surface area contributed by atoms with Crippen LogP contribution in [0.25, 0.3) is 0 Å². The number of ether oxygens (including phenoxy) is 1. The van der Waals surface area contributed by atoms with Gasteiger partial charge in [0.25, 0.3) is 0 Å². The first-order valence-electron chi connectivity index (χ1n) is 8.16. The van der Waals surface area contributed by atoms with Gasteiger partial charge in [0.2, 0.25) is 5.91 Å². The summed E-state index contributed by atoms with van der Waals surface area (Å²) in [6.07, 6.45) is 4.71. The number of nitrogens with one attached hydrogen (secondary N) is 1. The highest BCUT2D eigenvalue weighted by Gasteiger charge is 2.32. The first-order valence-corrected chi connectivity index (χ1v) is 8.16. The summed E-state index contributed by atoms with van der Waals surface area (Å²) in [6, 6.07) is 0.691. The molecule has 1 atom stereocenters. The van der Waals surface area contributed by atoms with Crippen molar-refractivity contribution in [3.8, 4) is 0 Å². The average Bonchev–Trinajstić information content (AvgIpc) is 2.56. The minimum Gasteiger partial charge on any atom is -0.378 e. The van der Waals surface area contributed by atoms with Gasteiger partial charge in [-0.2, -0.15) is 0 Å². The smallest absolute Gasteiger partial charge is 0.227 e. The van der Waals surface area contributed by atoms with Crippen molar-refractivity contribution < 1.29 is 9.53 Å². The van der Waals surface area contributed by atoms with Crippen molar-refractivity contribution >= 4 is 5.91 Å². The van der Waals surface area contributed by atoms with E-state index in [1.54, 1.807) is 0 Å². The van der Waals surface area contributed by atoms with Crippen LogP contribution in [0, 0.1) is 5.92 Å². The molecule has 0 bridgehead atoms. The summed E-state index contributed by atoms with van der Waals surface area (Å²) >= 11 is 0. The normalized spacial score (nSPS) is 30.4. The highest BCUT2D eigenvalue weighted by atomic mass is 16.5. The molecule has 1 amide bonds. The lowest BCUT2D eigenvalue weighted by Gasteiger charge is -2.41. The van der Waals surface area contributed by atoms with E-state index in [-0.39, 0.29) is 5.92 Å². The summed E-state index contributed by atoms with van der Waals surface area (Å²) in [5.74, 6) is 0.587. The second-order valence-corrected chi connectivity index (χ2v) is 6.25. The van der Waals surface area contributed by atoms with Gasteiger partial charge in [0.1, 0.15) is 0 Å². The Morgan fingerprint density at radius 3 is 2.55 bits per heavy atom. The van der Waals surface area contributed by atoms with Crippen LogP contribution in [0.5, 0.6) is 0 Å². The van der Waals surface area contributed by atoms with E-state index in [4.69, 9.17) is 4.74 Å².